The lowest BCUT2D eigenvalue weighted by molar-refractivity contribution is 0.0430. The summed E-state index contributed by atoms with van der Waals surface area (Å²) in [7, 11) is -5.33. The number of hydrogen-bond acceptors (Lipinski definition) is 6. The van der Waals surface area contributed by atoms with E-state index in [-0.39, 0.29) is 12.4 Å². The predicted molar refractivity (Wildman–Crippen MR) is 128 cm³/mol. The van der Waals surface area contributed by atoms with E-state index in [0.717, 1.165) is 11.8 Å². The molecule has 174 valence electrons. The maximum absolute atomic E-state index is 13.2. The van der Waals surface area contributed by atoms with Crippen molar-refractivity contribution >= 4 is 29.9 Å². The van der Waals surface area contributed by atoms with Crippen molar-refractivity contribution in [3.05, 3.63) is 42.0 Å². The van der Waals surface area contributed by atoms with E-state index >= 15 is 0 Å². The van der Waals surface area contributed by atoms with Gasteiger partial charge in [0.15, 0.2) is 29.4 Å². The Morgan fingerprint density at radius 3 is 2.61 bits per heavy atom. The molecule has 3 aliphatic rings. The number of benzene rings is 1. The van der Waals surface area contributed by atoms with Gasteiger partial charge in [0.25, 0.3) is 0 Å². The second-order valence-corrected chi connectivity index (χ2v) is 16.2. The minimum atomic E-state index is -3.27. The van der Waals surface area contributed by atoms with Crippen LogP contribution in [0.5, 0.6) is 0 Å². The van der Waals surface area contributed by atoms with Gasteiger partial charge in [-0.25, -0.2) is 13.2 Å². The van der Waals surface area contributed by atoms with E-state index in [2.05, 4.69) is 43.3 Å². The molecule has 0 unspecified atom stereocenters. The third-order valence-corrected chi connectivity index (χ3v) is 7.60. The van der Waals surface area contributed by atoms with Crippen LogP contribution in [0.3, 0.4) is 0 Å². The Hall–Kier alpha value is -2.56. The topological polar surface area (TPSA) is 85.4 Å². The fourth-order valence-electron chi connectivity index (χ4n) is 4.50. The first-order valence-corrected chi connectivity index (χ1v) is 16.1. The molecule has 9 heteroatoms. The van der Waals surface area contributed by atoms with Crippen molar-refractivity contribution in [2.45, 2.75) is 49.9 Å². The average molecular weight is 486 g/mol. The van der Waals surface area contributed by atoms with Crippen LogP contribution >= 0.6 is 0 Å². The van der Waals surface area contributed by atoms with Crippen LogP contribution in [0, 0.1) is 23.7 Å². The van der Waals surface area contributed by atoms with Gasteiger partial charge in [-0.05, 0) is 44.8 Å². The number of allylic oxidation sites excluding steroid dienone is 2. The molecular formula is C24H27NO6SSi. The van der Waals surface area contributed by atoms with Crippen molar-refractivity contribution in [1.82, 2.24) is 0 Å². The summed E-state index contributed by atoms with van der Waals surface area (Å²) in [5.74, 6) is 12.1. The number of para-hydroxylation sites is 1. The monoisotopic (exact) mass is 485 g/mol. The highest BCUT2D eigenvalue weighted by Gasteiger charge is 2.75. The Kier molecular flexibility index (Phi) is 5.74. The largest absolute Gasteiger partial charge is 0.448 e. The van der Waals surface area contributed by atoms with Crippen molar-refractivity contribution < 1.29 is 27.1 Å². The Bertz CT molecular complexity index is 1250. The van der Waals surface area contributed by atoms with E-state index in [0.29, 0.717) is 5.69 Å². The molecule has 0 saturated carbocycles. The van der Waals surface area contributed by atoms with Crippen molar-refractivity contribution in [2.24, 2.45) is 0 Å². The second-order valence-electron chi connectivity index (χ2n) is 9.49. The molecule has 1 aromatic rings. The van der Waals surface area contributed by atoms with Gasteiger partial charge in [0.05, 0.1) is 11.4 Å². The molecule has 4 rings (SSSR count). The quantitative estimate of drug-likeness (QED) is 0.362. The summed E-state index contributed by atoms with van der Waals surface area (Å²) >= 11 is 0. The third-order valence-electron chi connectivity index (χ3n) is 5.67. The van der Waals surface area contributed by atoms with Gasteiger partial charge < -0.3 is 13.9 Å². The maximum atomic E-state index is 13.2. The van der Waals surface area contributed by atoms with E-state index < -0.39 is 47.6 Å². The highest BCUT2D eigenvalue weighted by Crippen LogP contribution is 2.62. The highest BCUT2D eigenvalue weighted by molar-refractivity contribution is 7.90. The summed E-state index contributed by atoms with van der Waals surface area (Å²) in [6.07, 6.45) is 3.24. The lowest BCUT2D eigenvalue weighted by Gasteiger charge is -2.42. The van der Waals surface area contributed by atoms with Crippen molar-refractivity contribution in [2.75, 3.05) is 23.5 Å². The predicted octanol–water partition coefficient (Wildman–Crippen LogP) is 2.84. The van der Waals surface area contributed by atoms with E-state index in [1.54, 1.807) is 12.2 Å². The maximum Gasteiger partial charge on any atom is 0.415 e. The van der Waals surface area contributed by atoms with Gasteiger partial charge in [-0.1, -0.05) is 41.9 Å². The summed E-state index contributed by atoms with van der Waals surface area (Å²) in [5, 5.41) is 0. The van der Waals surface area contributed by atoms with Crippen molar-refractivity contribution in [3.8, 4) is 23.7 Å². The average Bonchev–Trinajstić information content (AvgIpc) is 3.45. The number of fused-ring (bicyclic) bond motifs is 1. The van der Waals surface area contributed by atoms with Crippen LogP contribution in [-0.2, 0) is 29.3 Å². The molecule has 1 saturated heterocycles. The molecule has 1 aliphatic carbocycles. The lowest BCUT2D eigenvalue weighted by atomic mass is 9.75. The van der Waals surface area contributed by atoms with E-state index in [1.807, 2.05) is 31.2 Å². The zero-order valence-corrected chi connectivity index (χ0v) is 21.2. The Balaban J connectivity index is 1.82. The molecule has 7 nitrogen and oxygen atoms in total. The van der Waals surface area contributed by atoms with Crippen molar-refractivity contribution in [3.63, 3.8) is 0 Å². The van der Waals surface area contributed by atoms with Crippen LogP contribution in [0.15, 0.2) is 36.4 Å². The van der Waals surface area contributed by atoms with Crippen molar-refractivity contribution in [1.29, 1.82) is 0 Å². The van der Waals surface area contributed by atoms with Gasteiger partial charge >= 0.3 is 6.09 Å². The summed E-state index contributed by atoms with van der Waals surface area (Å²) in [5.41, 5.74) is -0.503. The Labute approximate surface area is 196 Å². The smallest absolute Gasteiger partial charge is 0.415 e. The summed E-state index contributed by atoms with van der Waals surface area (Å²) < 4.78 is 41.4. The van der Waals surface area contributed by atoms with Crippen LogP contribution in [0.1, 0.15) is 12.5 Å². The summed E-state index contributed by atoms with van der Waals surface area (Å²) in [6.45, 7) is 7.99. The van der Waals surface area contributed by atoms with Gasteiger partial charge in [0.2, 0.25) is 0 Å². The lowest BCUT2D eigenvalue weighted by Crippen LogP contribution is -2.56. The van der Waals surface area contributed by atoms with Gasteiger partial charge in [-0.2, -0.15) is 0 Å². The number of sulfone groups is 1. The molecule has 2 aliphatic heterocycles. The molecule has 2 bridgehead atoms. The summed E-state index contributed by atoms with van der Waals surface area (Å²) in [4.78, 5) is 14.6. The van der Waals surface area contributed by atoms with Crippen LogP contribution < -0.4 is 4.90 Å². The molecule has 0 spiro atoms. The number of hydrogen-bond donors (Lipinski definition) is 0. The zero-order chi connectivity index (χ0) is 24.1. The minimum Gasteiger partial charge on any atom is -0.448 e. The number of epoxide rings is 1. The van der Waals surface area contributed by atoms with Gasteiger partial charge in [0.1, 0.15) is 18.8 Å². The number of carbonyl (C=O) groups is 1. The molecule has 0 aromatic heterocycles. The Morgan fingerprint density at radius 1 is 1.21 bits per heavy atom. The zero-order valence-electron chi connectivity index (χ0n) is 19.3. The number of nitrogens with zero attached hydrogens (tertiary/aromatic N) is 1. The molecule has 1 amide bonds. The van der Waals surface area contributed by atoms with Crippen LogP contribution in [-0.4, -0.2) is 59.2 Å². The number of anilines is 1. The van der Waals surface area contributed by atoms with E-state index in [9.17, 15) is 13.2 Å². The first-order chi connectivity index (χ1) is 15.4. The number of carbonyl (C=O) groups excluding carboxylic acids is 1. The molecular weight excluding hydrogens is 458 g/mol. The molecule has 2 heterocycles. The minimum absolute atomic E-state index is 0.241. The first kappa shape index (κ1) is 23.6. The highest BCUT2D eigenvalue weighted by atomic mass is 32.2. The van der Waals surface area contributed by atoms with E-state index in [1.165, 1.54) is 4.90 Å². The fourth-order valence-corrected chi connectivity index (χ4v) is 6.31. The van der Waals surface area contributed by atoms with Crippen LogP contribution in [0.25, 0.3) is 0 Å². The van der Waals surface area contributed by atoms with Crippen LogP contribution in [0.4, 0.5) is 10.5 Å². The van der Waals surface area contributed by atoms with E-state index in [4.69, 9.17) is 13.9 Å². The third kappa shape index (κ3) is 4.34. The fraction of sp³-hybridized carbons (Fsp3) is 0.458. The van der Waals surface area contributed by atoms with Gasteiger partial charge in [-0.15, -0.1) is 0 Å². The molecule has 1 fully saturated rings. The molecule has 4 atom stereocenters. The van der Waals surface area contributed by atoms with Gasteiger partial charge in [-0.3, -0.25) is 4.90 Å². The SMILES string of the molecule is C[C@@]1(O[Si](C)(C)C)C#C/C=C\C#C[C@H]2[C@@H]3O[C@]31c1ccccc1N2C(=O)OCCS(C)(=O)=O. The second kappa shape index (κ2) is 8.03. The summed E-state index contributed by atoms with van der Waals surface area (Å²) in [6, 6.07) is 6.77. The van der Waals surface area contributed by atoms with Crippen LogP contribution in [0.2, 0.25) is 19.6 Å². The number of amides is 1. The van der Waals surface area contributed by atoms with Gasteiger partial charge in [0, 0.05) is 11.8 Å². The molecule has 1 aromatic carbocycles. The molecule has 33 heavy (non-hydrogen) atoms. The standard InChI is InChI=1S/C24H27NO6SSi/c1-23(31-33(3,4)5)15-11-7-6-8-14-20-21-24(23,30-21)18-12-9-10-13-19(18)25(20)22(26)29-16-17-32(2,27)28/h6-7,9-10,12-13,20-21H,16-17H2,1-5H3/b7-6-/t20-,21-,23+,24+/m0/s1. The molecule has 0 N–H and O–H groups in total. The number of rotatable bonds is 5. The Morgan fingerprint density at radius 2 is 1.91 bits per heavy atom. The first-order valence-electron chi connectivity index (χ1n) is 10.7. The normalized spacial score (nSPS) is 30.4. The molecule has 0 radical (unpaired) electrons. The number of ether oxygens (including phenoxy) is 2.